The van der Waals surface area contributed by atoms with Crippen molar-refractivity contribution in [2.45, 2.75) is 30.9 Å². The van der Waals surface area contributed by atoms with Crippen LogP contribution in [-0.4, -0.2) is 24.1 Å². The van der Waals surface area contributed by atoms with E-state index in [1.54, 1.807) is 0 Å². The van der Waals surface area contributed by atoms with Gasteiger partial charge in [0.05, 0.1) is 0 Å². The molecule has 1 N–H and O–H groups in total. The highest BCUT2D eigenvalue weighted by atomic mass is 35.5. The molecule has 1 aromatic carbocycles. The van der Waals surface area contributed by atoms with Crippen LogP contribution in [0.3, 0.4) is 0 Å². The molecule has 2 fully saturated rings. The SMILES string of the molecule is CC1CC2(CCNCC2c2ccc(Cl)cc2)CS1. The van der Waals surface area contributed by atoms with E-state index in [0.717, 1.165) is 16.8 Å². The zero-order chi connectivity index (χ0) is 12.6. The smallest absolute Gasteiger partial charge is 0.0406 e. The Morgan fingerprint density at radius 3 is 2.78 bits per heavy atom. The molecule has 0 amide bonds. The fourth-order valence-electron chi connectivity index (χ4n) is 3.56. The van der Waals surface area contributed by atoms with Gasteiger partial charge in [0.2, 0.25) is 0 Å². The molecule has 2 saturated heterocycles. The average Bonchev–Trinajstić information content (AvgIpc) is 2.73. The van der Waals surface area contributed by atoms with Crippen LogP contribution in [0, 0.1) is 5.41 Å². The molecular formula is C15H20ClNS. The zero-order valence-corrected chi connectivity index (χ0v) is 12.4. The monoisotopic (exact) mass is 281 g/mol. The molecule has 1 nitrogen and oxygen atoms in total. The van der Waals surface area contributed by atoms with Gasteiger partial charge in [0, 0.05) is 22.7 Å². The summed E-state index contributed by atoms with van der Waals surface area (Å²) in [7, 11) is 0. The summed E-state index contributed by atoms with van der Waals surface area (Å²) in [5, 5.41) is 5.23. The normalized spacial score (nSPS) is 36.1. The van der Waals surface area contributed by atoms with Gasteiger partial charge in [-0.05, 0) is 48.3 Å². The third-order valence-electron chi connectivity index (χ3n) is 4.51. The van der Waals surface area contributed by atoms with E-state index in [2.05, 4.69) is 36.1 Å². The fourth-order valence-corrected chi connectivity index (χ4v) is 5.21. The van der Waals surface area contributed by atoms with Gasteiger partial charge in [0.1, 0.15) is 0 Å². The van der Waals surface area contributed by atoms with Crippen LogP contribution in [0.15, 0.2) is 24.3 Å². The van der Waals surface area contributed by atoms with Crippen LogP contribution in [0.2, 0.25) is 5.02 Å². The summed E-state index contributed by atoms with van der Waals surface area (Å²) in [6.07, 6.45) is 2.68. The van der Waals surface area contributed by atoms with Gasteiger partial charge >= 0.3 is 0 Å². The quantitative estimate of drug-likeness (QED) is 0.837. The number of hydrogen-bond acceptors (Lipinski definition) is 2. The number of hydrogen-bond donors (Lipinski definition) is 1. The fraction of sp³-hybridized carbons (Fsp3) is 0.600. The highest BCUT2D eigenvalue weighted by Crippen LogP contribution is 2.53. The minimum atomic E-state index is 0.517. The molecule has 2 heterocycles. The van der Waals surface area contributed by atoms with Gasteiger partial charge < -0.3 is 5.32 Å². The maximum atomic E-state index is 6.01. The average molecular weight is 282 g/mol. The lowest BCUT2D eigenvalue weighted by molar-refractivity contribution is 0.189. The minimum Gasteiger partial charge on any atom is -0.316 e. The predicted octanol–water partition coefficient (Wildman–Crippen LogP) is 3.93. The van der Waals surface area contributed by atoms with Crippen LogP contribution in [0.4, 0.5) is 0 Å². The van der Waals surface area contributed by atoms with E-state index >= 15 is 0 Å². The highest BCUT2D eigenvalue weighted by Gasteiger charge is 2.45. The van der Waals surface area contributed by atoms with Crippen molar-refractivity contribution in [1.82, 2.24) is 5.32 Å². The van der Waals surface area contributed by atoms with Crippen molar-refractivity contribution in [1.29, 1.82) is 0 Å². The molecule has 0 saturated carbocycles. The third kappa shape index (κ3) is 2.31. The van der Waals surface area contributed by atoms with Gasteiger partial charge in [0.25, 0.3) is 0 Å². The largest absolute Gasteiger partial charge is 0.316 e. The summed E-state index contributed by atoms with van der Waals surface area (Å²) in [4.78, 5) is 0. The molecule has 2 aliphatic heterocycles. The first kappa shape index (κ1) is 12.8. The standard InChI is InChI=1S/C15H20ClNS/c1-11-8-15(10-18-11)6-7-17-9-14(15)12-2-4-13(16)5-3-12/h2-5,11,14,17H,6-10H2,1H3. The molecule has 2 aliphatic rings. The van der Waals surface area contributed by atoms with Crippen LogP contribution in [0.5, 0.6) is 0 Å². The Morgan fingerprint density at radius 1 is 1.33 bits per heavy atom. The topological polar surface area (TPSA) is 12.0 Å². The van der Waals surface area contributed by atoms with Crippen molar-refractivity contribution >= 4 is 23.4 Å². The molecular weight excluding hydrogens is 262 g/mol. The second kappa shape index (κ2) is 5.07. The van der Waals surface area contributed by atoms with Crippen LogP contribution >= 0.6 is 23.4 Å². The molecule has 3 heteroatoms. The lowest BCUT2D eigenvalue weighted by Crippen LogP contribution is -2.44. The van der Waals surface area contributed by atoms with Gasteiger partial charge in [-0.1, -0.05) is 30.7 Å². The molecule has 0 aliphatic carbocycles. The number of halogens is 1. The molecule has 1 spiro atoms. The Hall–Kier alpha value is -0.180. The van der Waals surface area contributed by atoms with Gasteiger partial charge in [-0.15, -0.1) is 0 Å². The van der Waals surface area contributed by atoms with E-state index in [9.17, 15) is 0 Å². The van der Waals surface area contributed by atoms with Crippen LogP contribution in [0.1, 0.15) is 31.2 Å². The van der Waals surface area contributed by atoms with E-state index in [1.807, 2.05) is 12.1 Å². The van der Waals surface area contributed by atoms with Gasteiger partial charge in [-0.25, -0.2) is 0 Å². The van der Waals surface area contributed by atoms with Crippen molar-refractivity contribution in [2.75, 3.05) is 18.8 Å². The summed E-state index contributed by atoms with van der Waals surface area (Å²) in [6, 6.07) is 8.50. The second-order valence-electron chi connectivity index (χ2n) is 5.75. The first-order chi connectivity index (χ1) is 8.70. The van der Waals surface area contributed by atoms with E-state index in [-0.39, 0.29) is 0 Å². The van der Waals surface area contributed by atoms with Crippen LogP contribution in [-0.2, 0) is 0 Å². The molecule has 3 rings (SSSR count). The Bertz CT molecular complexity index is 415. The number of rotatable bonds is 1. The lowest BCUT2D eigenvalue weighted by atomic mass is 9.67. The summed E-state index contributed by atoms with van der Waals surface area (Å²) in [5.74, 6) is 1.98. The van der Waals surface area contributed by atoms with Gasteiger partial charge in [-0.3, -0.25) is 0 Å². The first-order valence-electron chi connectivity index (χ1n) is 6.77. The van der Waals surface area contributed by atoms with Gasteiger partial charge in [0.15, 0.2) is 0 Å². The van der Waals surface area contributed by atoms with E-state index in [4.69, 9.17) is 11.6 Å². The van der Waals surface area contributed by atoms with Crippen molar-refractivity contribution in [3.8, 4) is 0 Å². The molecule has 3 atom stereocenters. The molecule has 1 aromatic rings. The summed E-state index contributed by atoms with van der Waals surface area (Å²) in [6.45, 7) is 4.67. The van der Waals surface area contributed by atoms with Gasteiger partial charge in [-0.2, -0.15) is 11.8 Å². The second-order valence-corrected chi connectivity index (χ2v) is 7.61. The molecule has 0 radical (unpaired) electrons. The van der Waals surface area contributed by atoms with Crippen LogP contribution < -0.4 is 5.32 Å². The number of piperidine rings is 1. The van der Waals surface area contributed by atoms with E-state index in [1.165, 1.54) is 30.7 Å². The van der Waals surface area contributed by atoms with Crippen molar-refractivity contribution in [3.05, 3.63) is 34.9 Å². The summed E-state index contributed by atoms with van der Waals surface area (Å²) in [5.41, 5.74) is 1.98. The van der Waals surface area contributed by atoms with Crippen LogP contribution in [0.25, 0.3) is 0 Å². The first-order valence-corrected chi connectivity index (χ1v) is 8.20. The predicted molar refractivity (Wildman–Crippen MR) is 80.6 cm³/mol. The highest BCUT2D eigenvalue weighted by molar-refractivity contribution is 8.00. The molecule has 0 aromatic heterocycles. The Morgan fingerprint density at radius 2 is 2.11 bits per heavy atom. The number of nitrogens with one attached hydrogen (secondary N) is 1. The maximum Gasteiger partial charge on any atom is 0.0406 e. The van der Waals surface area contributed by atoms with Crippen molar-refractivity contribution < 1.29 is 0 Å². The molecule has 98 valence electrons. The van der Waals surface area contributed by atoms with E-state index in [0.29, 0.717) is 11.3 Å². The van der Waals surface area contributed by atoms with Crippen molar-refractivity contribution in [2.24, 2.45) is 5.41 Å². The summed E-state index contributed by atoms with van der Waals surface area (Å²) < 4.78 is 0. The minimum absolute atomic E-state index is 0.517. The Balaban J connectivity index is 1.90. The molecule has 18 heavy (non-hydrogen) atoms. The summed E-state index contributed by atoms with van der Waals surface area (Å²) >= 11 is 8.16. The number of thioether (sulfide) groups is 1. The Labute approximate surface area is 119 Å². The van der Waals surface area contributed by atoms with Crippen molar-refractivity contribution in [3.63, 3.8) is 0 Å². The number of benzene rings is 1. The Kier molecular flexibility index (Phi) is 3.61. The lowest BCUT2D eigenvalue weighted by Gasteiger charge is -2.42. The maximum absolute atomic E-state index is 6.01. The molecule has 0 bridgehead atoms. The molecule has 3 unspecified atom stereocenters. The zero-order valence-electron chi connectivity index (χ0n) is 10.8. The third-order valence-corrected chi connectivity index (χ3v) is 6.24. The van der Waals surface area contributed by atoms with E-state index < -0.39 is 0 Å².